The predicted octanol–water partition coefficient (Wildman–Crippen LogP) is 0.620. The van der Waals surface area contributed by atoms with Gasteiger partial charge in [0.15, 0.2) is 0 Å². The molecule has 0 aromatic heterocycles. The third-order valence-corrected chi connectivity index (χ3v) is 3.52. The Morgan fingerprint density at radius 2 is 2.05 bits per heavy atom. The van der Waals surface area contributed by atoms with Crippen LogP contribution in [0.1, 0.15) is 10.4 Å². The van der Waals surface area contributed by atoms with E-state index >= 15 is 0 Å². The van der Waals surface area contributed by atoms with Gasteiger partial charge in [-0.05, 0) is 18.2 Å². The molecule has 1 saturated heterocycles. The summed E-state index contributed by atoms with van der Waals surface area (Å²) in [5.41, 5.74) is 6.50. The molecule has 7 heteroatoms. The molecule has 0 radical (unpaired) electrons. The molecular formula is C13H16BrN3O3. The third-order valence-electron chi connectivity index (χ3n) is 3.02. The highest BCUT2D eigenvalue weighted by atomic mass is 79.9. The third kappa shape index (κ3) is 3.71. The normalized spacial score (nSPS) is 14.9. The average Bonchev–Trinajstić information content (AvgIpc) is 2.45. The van der Waals surface area contributed by atoms with Gasteiger partial charge in [0.25, 0.3) is 5.91 Å². The average molecular weight is 342 g/mol. The van der Waals surface area contributed by atoms with E-state index in [1.54, 1.807) is 23.1 Å². The molecule has 108 valence electrons. The fourth-order valence-electron chi connectivity index (χ4n) is 1.92. The van der Waals surface area contributed by atoms with Gasteiger partial charge >= 0.3 is 0 Å². The van der Waals surface area contributed by atoms with Gasteiger partial charge in [-0.1, -0.05) is 15.9 Å². The Hall–Kier alpha value is -1.60. The number of rotatable bonds is 3. The van der Waals surface area contributed by atoms with Crippen molar-refractivity contribution in [1.82, 2.24) is 10.2 Å². The van der Waals surface area contributed by atoms with Crippen molar-refractivity contribution in [3.8, 4) is 0 Å². The highest BCUT2D eigenvalue weighted by Gasteiger charge is 2.18. The van der Waals surface area contributed by atoms with Gasteiger partial charge in [0, 0.05) is 23.2 Å². The Kier molecular flexibility index (Phi) is 4.97. The van der Waals surface area contributed by atoms with E-state index in [0.29, 0.717) is 37.6 Å². The van der Waals surface area contributed by atoms with Crippen LogP contribution in [-0.2, 0) is 9.53 Å². The van der Waals surface area contributed by atoms with Crippen molar-refractivity contribution in [1.29, 1.82) is 0 Å². The Morgan fingerprint density at radius 1 is 1.35 bits per heavy atom. The van der Waals surface area contributed by atoms with Crippen LogP contribution in [0.5, 0.6) is 0 Å². The summed E-state index contributed by atoms with van der Waals surface area (Å²) in [5, 5.41) is 2.59. The number of hydrogen-bond acceptors (Lipinski definition) is 4. The summed E-state index contributed by atoms with van der Waals surface area (Å²) in [6.07, 6.45) is 0. The SMILES string of the molecule is Nc1cc(Br)ccc1C(=O)NCC(=O)N1CCOCC1. The minimum Gasteiger partial charge on any atom is -0.398 e. The molecular weight excluding hydrogens is 326 g/mol. The number of carbonyl (C=O) groups excluding carboxylic acids is 2. The Labute approximate surface area is 125 Å². The van der Waals surface area contributed by atoms with Crippen LogP contribution >= 0.6 is 15.9 Å². The standard InChI is InChI=1S/C13H16BrN3O3/c14-9-1-2-10(11(15)7-9)13(19)16-8-12(18)17-3-5-20-6-4-17/h1-2,7H,3-6,8,15H2,(H,16,19). The van der Waals surface area contributed by atoms with E-state index in [1.165, 1.54) is 0 Å². The quantitative estimate of drug-likeness (QED) is 0.789. The molecule has 0 unspecified atom stereocenters. The van der Waals surface area contributed by atoms with Crippen LogP contribution in [0.25, 0.3) is 0 Å². The minimum atomic E-state index is -0.350. The molecule has 1 aromatic rings. The second kappa shape index (κ2) is 6.71. The van der Waals surface area contributed by atoms with E-state index in [0.717, 1.165) is 4.47 Å². The lowest BCUT2D eigenvalue weighted by molar-refractivity contribution is -0.134. The van der Waals surface area contributed by atoms with E-state index in [-0.39, 0.29) is 18.4 Å². The first-order valence-electron chi connectivity index (χ1n) is 6.26. The number of nitrogens with two attached hydrogens (primary N) is 1. The molecule has 1 aromatic carbocycles. The summed E-state index contributed by atoms with van der Waals surface area (Å²) in [5.74, 6) is -0.464. The number of carbonyl (C=O) groups is 2. The fraction of sp³-hybridized carbons (Fsp3) is 0.385. The Bertz CT molecular complexity index is 516. The van der Waals surface area contributed by atoms with Crippen molar-refractivity contribution in [2.75, 3.05) is 38.6 Å². The zero-order valence-corrected chi connectivity index (χ0v) is 12.5. The molecule has 6 nitrogen and oxygen atoms in total. The van der Waals surface area contributed by atoms with Gasteiger partial charge in [0.05, 0.1) is 25.3 Å². The van der Waals surface area contributed by atoms with Gasteiger partial charge in [-0.3, -0.25) is 9.59 Å². The lowest BCUT2D eigenvalue weighted by atomic mass is 10.1. The predicted molar refractivity (Wildman–Crippen MR) is 78.3 cm³/mol. The van der Waals surface area contributed by atoms with Crippen molar-refractivity contribution in [3.05, 3.63) is 28.2 Å². The lowest BCUT2D eigenvalue weighted by Gasteiger charge is -2.26. The summed E-state index contributed by atoms with van der Waals surface area (Å²) in [7, 11) is 0. The minimum absolute atomic E-state index is 0.0334. The van der Waals surface area contributed by atoms with Crippen molar-refractivity contribution in [3.63, 3.8) is 0 Å². The maximum absolute atomic E-state index is 12.0. The number of anilines is 1. The van der Waals surface area contributed by atoms with E-state index < -0.39 is 0 Å². The second-order valence-electron chi connectivity index (χ2n) is 4.41. The number of amides is 2. The van der Waals surface area contributed by atoms with E-state index in [4.69, 9.17) is 10.5 Å². The maximum atomic E-state index is 12.0. The number of hydrogen-bond donors (Lipinski definition) is 2. The van der Waals surface area contributed by atoms with Crippen molar-refractivity contribution >= 4 is 33.4 Å². The van der Waals surface area contributed by atoms with Crippen LogP contribution < -0.4 is 11.1 Å². The topological polar surface area (TPSA) is 84.7 Å². The van der Waals surface area contributed by atoms with Gasteiger partial charge in [-0.25, -0.2) is 0 Å². The van der Waals surface area contributed by atoms with E-state index in [2.05, 4.69) is 21.2 Å². The molecule has 0 atom stereocenters. The van der Waals surface area contributed by atoms with Crippen LogP contribution in [0, 0.1) is 0 Å². The van der Waals surface area contributed by atoms with Crippen LogP contribution in [0.4, 0.5) is 5.69 Å². The smallest absolute Gasteiger partial charge is 0.253 e. The summed E-state index contributed by atoms with van der Waals surface area (Å²) < 4.78 is 5.97. The monoisotopic (exact) mass is 341 g/mol. The second-order valence-corrected chi connectivity index (χ2v) is 5.32. The number of nitrogens with one attached hydrogen (secondary N) is 1. The van der Waals surface area contributed by atoms with E-state index in [1.807, 2.05) is 0 Å². The molecule has 1 aliphatic rings. The first-order valence-corrected chi connectivity index (χ1v) is 7.06. The molecule has 1 aliphatic heterocycles. The zero-order chi connectivity index (χ0) is 14.5. The van der Waals surface area contributed by atoms with Crippen molar-refractivity contribution in [2.24, 2.45) is 0 Å². The van der Waals surface area contributed by atoms with Crippen LogP contribution in [0.2, 0.25) is 0 Å². The number of morpholine rings is 1. The molecule has 3 N–H and O–H groups in total. The highest BCUT2D eigenvalue weighted by Crippen LogP contribution is 2.18. The van der Waals surface area contributed by atoms with Gasteiger partial charge < -0.3 is 20.7 Å². The lowest BCUT2D eigenvalue weighted by Crippen LogP contribution is -2.45. The molecule has 1 fully saturated rings. The van der Waals surface area contributed by atoms with Crippen molar-refractivity contribution < 1.29 is 14.3 Å². The Balaban J connectivity index is 1.89. The van der Waals surface area contributed by atoms with Crippen LogP contribution in [0.3, 0.4) is 0 Å². The largest absolute Gasteiger partial charge is 0.398 e. The molecule has 0 spiro atoms. The van der Waals surface area contributed by atoms with E-state index in [9.17, 15) is 9.59 Å². The Morgan fingerprint density at radius 3 is 2.70 bits per heavy atom. The fourth-order valence-corrected chi connectivity index (χ4v) is 2.29. The van der Waals surface area contributed by atoms with Gasteiger partial charge in [-0.2, -0.15) is 0 Å². The van der Waals surface area contributed by atoms with Crippen LogP contribution in [0.15, 0.2) is 22.7 Å². The summed E-state index contributed by atoms with van der Waals surface area (Å²) in [6, 6.07) is 5.00. The molecule has 2 amide bonds. The molecule has 20 heavy (non-hydrogen) atoms. The summed E-state index contributed by atoms with van der Waals surface area (Å²) >= 11 is 3.28. The first-order chi connectivity index (χ1) is 9.58. The number of ether oxygens (including phenoxy) is 1. The molecule has 1 heterocycles. The first kappa shape index (κ1) is 14.8. The summed E-state index contributed by atoms with van der Waals surface area (Å²) in [6.45, 7) is 2.18. The molecule has 0 saturated carbocycles. The molecule has 0 bridgehead atoms. The number of benzene rings is 1. The number of nitrogen functional groups attached to an aromatic ring is 1. The number of halogens is 1. The maximum Gasteiger partial charge on any atom is 0.253 e. The van der Waals surface area contributed by atoms with Gasteiger partial charge in [0.2, 0.25) is 5.91 Å². The van der Waals surface area contributed by atoms with Crippen molar-refractivity contribution in [2.45, 2.75) is 0 Å². The number of nitrogens with zero attached hydrogens (tertiary/aromatic N) is 1. The zero-order valence-electron chi connectivity index (χ0n) is 10.9. The molecule has 0 aliphatic carbocycles. The molecule has 2 rings (SSSR count). The summed E-state index contributed by atoms with van der Waals surface area (Å²) in [4.78, 5) is 25.5. The van der Waals surface area contributed by atoms with Gasteiger partial charge in [0.1, 0.15) is 0 Å². The van der Waals surface area contributed by atoms with Gasteiger partial charge in [-0.15, -0.1) is 0 Å². The highest BCUT2D eigenvalue weighted by molar-refractivity contribution is 9.10. The van der Waals surface area contributed by atoms with Crippen LogP contribution in [-0.4, -0.2) is 49.6 Å².